The minimum Gasteiger partial charge on any atom is -0.810 e. The van der Waals surface area contributed by atoms with E-state index in [2.05, 4.69) is 5.32 Å². The molecule has 1 unspecified atom stereocenters. The van der Waals surface area contributed by atoms with Gasteiger partial charge in [0.25, 0.3) is 0 Å². The van der Waals surface area contributed by atoms with Crippen molar-refractivity contribution in [3.8, 4) is 0 Å². The van der Waals surface area contributed by atoms with Gasteiger partial charge >= 0.3 is 6.09 Å². The summed E-state index contributed by atoms with van der Waals surface area (Å²) in [6.07, 6.45) is -2.54. The molecule has 1 atom stereocenters. The fourth-order valence-corrected chi connectivity index (χ4v) is 5.17. The van der Waals surface area contributed by atoms with Crippen molar-refractivity contribution in [2.75, 3.05) is 98.0 Å². The Bertz CT molecular complexity index is 1000. The maximum Gasteiger partial charge on any atom is 0.407 e. The number of carboxylic acids is 2. The highest BCUT2D eigenvalue weighted by Gasteiger charge is 2.19. The molecule has 0 saturated carbocycles. The van der Waals surface area contributed by atoms with Crippen LogP contribution in [0.1, 0.15) is 5.56 Å². The lowest BCUT2D eigenvalue weighted by Crippen LogP contribution is -2.51. The first-order chi connectivity index (χ1) is 20.4. The van der Waals surface area contributed by atoms with Crippen molar-refractivity contribution in [1.82, 2.24) is 24.9 Å². The Morgan fingerprint density at radius 3 is 1.86 bits per heavy atom. The summed E-state index contributed by atoms with van der Waals surface area (Å²) in [7, 11) is -4.92. The van der Waals surface area contributed by atoms with Crippen LogP contribution >= 0.6 is 7.60 Å². The minimum atomic E-state index is -4.92. The smallest absolute Gasteiger partial charge is 0.407 e. The van der Waals surface area contributed by atoms with Gasteiger partial charge < -0.3 is 54.1 Å². The molecule has 0 radical (unpaired) electrons. The quantitative estimate of drug-likeness (QED) is 0.137. The Labute approximate surface area is 250 Å². The highest BCUT2D eigenvalue weighted by Crippen LogP contribution is 2.24. The number of β-amino-alcohol motifs (C(OH)–C–C–N with tert-alkyl or cyclic N) is 1. The lowest BCUT2D eigenvalue weighted by Gasteiger charge is -2.39. The average molecular weight is 630 g/mol. The third-order valence-electron chi connectivity index (χ3n) is 6.53. The van der Waals surface area contributed by atoms with Crippen molar-refractivity contribution >= 4 is 25.6 Å². The van der Waals surface area contributed by atoms with Crippen LogP contribution in [0.4, 0.5) is 4.79 Å². The molecule has 0 aliphatic carbocycles. The van der Waals surface area contributed by atoms with E-state index in [-0.39, 0.29) is 78.7 Å². The van der Waals surface area contributed by atoms with Crippen LogP contribution in [0.25, 0.3) is 0 Å². The monoisotopic (exact) mass is 629 g/mol. The topological polar surface area (TPSA) is 224 Å². The summed E-state index contributed by atoms with van der Waals surface area (Å²) in [5.74, 6) is -2.67. The predicted octanol–water partition coefficient (Wildman–Crippen LogP) is -5.12. The SMILES string of the molecule is O=C([O-])CN1CCN(CC(O)CNC(=O)OCCOCc2ccccc2)CCN(CC(=O)[O-])CCN(CP(=O)([O-])[O-])CC1. The molecule has 0 spiro atoms. The highest BCUT2D eigenvalue weighted by atomic mass is 31.2. The van der Waals surface area contributed by atoms with Crippen molar-refractivity contribution in [3.63, 3.8) is 0 Å². The van der Waals surface area contributed by atoms with Crippen LogP contribution in [-0.2, 0) is 30.2 Å². The molecule has 0 bridgehead atoms. The van der Waals surface area contributed by atoms with Gasteiger partial charge in [0.05, 0.1) is 31.3 Å². The molecule has 1 aliphatic heterocycles. The number of aliphatic hydroxyl groups is 1. The Morgan fingerprint density at radius 2 is 1.35 bits per heavy atom. The van der Waals surface area contributed by atoms with E-state index in [1.807, 2.05) is 30.3 Å². The molecule has 1 aromatic carbocycles. The van der Waals surface area contributed by atoms with E-state index in [1.165, 1.54) is 14.7 Å². The summed E-state index contributed by atoms with van der Waals surface area (Å²) in [6, 6.07) is 9.50. The van der Waals surface area contributed by atoms with Crippen LogP contribution in [0.5, 0.6) is 0 Å². The summed E-state index contributed by atoms with van der Waals surface area (Å²) in [6.45, 7) is 0.859. The number of carbonyl (C=O) groups excluding carboxylic acids is 3. The maximum absolute atomic E-state index is 12.0. The van der Waals surface area contributed by atoms with Crippen LogP contribution in [0.2, 0.25) is 0 Å². The molecule has 1 fully saturated rings. The molecular weight excluding hydrogens is 589 g/mol. The summed E-state index contributed by atoms with van der Waals surface area (Å²) < 4.78 is 21.9. The van der Waals surface area contributed by atoms with Crippen LogP contribution in [0, 0.1) is 0 Å². The van der Waals surface area contributed by atoms with Gasteiger partial charge in [-0.25, -0.2) is 4.79 Å². The van der Waals surface area contributed by atoms with E-state index in [0.717, 1.165) is 5.56 Å². The number of aliphatic hydroxyl groups excluding tert-OH is 1. The number of aliphatic carboxylic acids is 2. The van der Waals surface area contributed by atoms with E-state index in [0.29, 0.717) is 6.61 Å². The number of nitrogens with one attached hydrogen (secondary N) is 1. The second kappa shape index (κ2) is 19.6. The second-order valence-corrected chi connectivity index (χ2v) is 11.7. The van der Waals surface area contributed by atoms with Gasteiger partial charge in [0.2, 0.25) is 0 Å². The molecule has 1 heterocycles. The second-order valence-electron chi connectivity index (χ2n) is 10.2. The number of hydrogen-bond donors (Lipinski definition) is 2. The standard InChI is InChI=1S/C26H44N5O11P/c32-23(16-27-26(37)42-15-14-41-20-22-4-2-1-3-5-22)17-28-6-8-29(18-24(33)34)10-12-31(21-43(38,39)40)13-11-30(9-7-28)19-25(35)36/h1-5,23,32H,6-21H2,(H,27,37)(H,33,34)(H,35,36)(H2,38,39,40)/p-4. The molecule has 2 N–H and O–H groups in total. The van der Waals surface area contributed by atoms with E-state index < -0.39 is 51.1 Å². The number of benzene rings is 1. The molecular formula is C26H40N5O11P-4. The van der Waals surface area contributed by atoms with Crippen molar-refractivity contribution in [3.05, 3.63) is 35.9 Å². The number of hydrogen-bond acceptors (Lipinski definition) is 15. The fourth-order valence-electron chi connectivity index (χ4n) is 4.40. The van der Waals surface area contributed by atoms with Crippen molar-refractivity contribution in [1.29, 1.82) is 0 Å². The van der Waals surface area contributed by atoms with E-state index in [4.69, 9.17) is 9.47 Å². The predicted molar refractivity (Wildman–Crippen MR) is 145 cm³/mol. The van der Waals surface area contributed by atoms with Gasteiger partial charge in [-0.05, 0) is 5.56 Å². The van der Waals surface area contributed by atoms with Gasteiger partial charge in [0.1, 0.15) is 6.61 Å². The van der Waals surface area contributed by atoms with Gasteiger partial charge in [0.15, 0.2) is 0 Å². The zero-order valence-electron chi connectivity index (χ0n) is 24.0. The van der Waals surface area contributed by atoms with Crippen molar-refractivity contribution < 1.29 is 53.5 Å². The Morgan fingerprint density at radius 1 is 0.837 bits per heavy atom. The largest absolute Gasteiger partial charge is 0.810 e. The number of ether oxygens (including phenoxy) is 2. The normalized spacial score (nSPS) is 17.8. The van der Waals surface area contributed by atoms with Gasteiger partial charge in [-0.3, -0.25) is 19.6 Å². The molecule has 1 aromatic rings. The van der Waals surface area contributed by atoms with E-state index in [9.17, 15) is 44.1 Å². The van der Waals surface area contributed by atoms with Gasteiger partial charge in [0, 0.05) is 84.8 Å². The first kappa shape index (κ1) is 36.5. The number of carbonyl (C=O) groups is 3. The van der Waals surface area contributed by atoms with Crippen molar-refractivity contribution in [2.24, 2.45) is 0 Å². The highest BCUT2D eigenvalue weighted by molar-refractivity contribution is 7.48. The van der Waals surface area contributed by atoms with Crippen LogP contribution < -0.4 is 25.3 Å². The first-order valence-corrected chi connectivity index (χ1v) is 15.6. The first-order valence-electron chi connectivity index (χ1n) is 13.9. The lowest BCUT2D eigenvalue weighted by molar-refractivity contribution is -0.316. The van der Waals surface area contributed by atoms with Gasteiger partial charge in [-0.1, -0.05) is 37.9 Å². The lowest BCUT2D eigenvalue weighted by atomic mass is 10.2. The van der Waals surface area contributed by atoms with Gasteiger partial charge in [-0.15, -0.1) is 0 Å². The Kier molecular flexibility index (Phi) is 16.6. The molecule has 0 aromatic heterocycles. The maximum atomic E-state index is 12.0. The summed E-state index contributed by atoms with van der Waals surface area (Å²) in [4.78, 5) is 63.6. The van der Waals surface area contributed by atoms with Crippen molar-refractivity contribution in [2.45, 2.75) is 12.7 Å². The number of amides is 1. The fraction of sp³-hybridized carbons (Fsp3) is 0.654. The van der Waals surface area contributed by atoms with E-state index in [1.54, 1.807) is 4.90 Å². The molecule has 43 heavy (non-hydrogen) atoms. The van der Waals surface area contributed by atoms with E-state index >= 15 is 0 Å². The minimum absolute atomic E-state index is 0.0159. The number of nitrogens with zero attached hydrogens (tertiary/aromatic N) is 4. The number of rotatable bonds is 15. The average Bonchev–Trinajstić information content (AvgIpc) is 2.92. The Balaban J connectivity index is 1.89. The zero-order valence-corrected chi connectivity index (χ0v) is 24.9. The third-order valence-corrected chi connectivity index (χ3v) is 7.28. The number of alkyl carbamates (subject to hydrolysis) is 1. The molecule has 1 amide bonds. The van der Waals surface area contributed by atoms with Crippen LogP contribution in [-0.4, -0.2) is 147 Å². The molecule has 1 saturated heterocycles. The zero-order chi connectivity index (χ0) is 31.7. The molecule has 1 aliphatic rings. The number of carboxylic acid groups (broad SMARTS) is 2. The summed E-state index contributed by atoms with van der Waals surface area (Å²) in [5.41, 5.74) is 0.985. The molecule has 17 heteroatoms. The summed E-state index contributed by atoms with van der Waals surface area (Å²) in [5, 5.41) is 35.6. The molecule has 244 valence electrons. The van der Waals surface area contributed by atoms with Crippen LogP contribution in [0.15, 0.2) is 30.3 Å². The molecule has 16 nitrogen and oxygen atoms in total. The third kappa shape index (κ3) is 17.9. The Hall–Kier alpha value is -2.66. The van der Waals surface area contributed by atoms with Gasteiger partial charge in [-0.2, -0.15) is 0 Å². The summed E-state index contributed by atoms with van der Waals surface area (Å²) >= 11 is 0. The molecule has 2 rings (SSSR count). The van der Waals surface area contributed by atoms with Crippen LogP contribution in [0.3, 0.4) is 0 Å².